The summed E-state index contributed by atoms with van der Waals surface area (Å²) in [6.07, 6.45) is 3.16. The predicted octanol–water partition coefficient (Wildman–Crippen LogP) is 4.29. The predicted molar refractivity (Wildman–Crippen MR) is 111 cm³/mol. The molecule has 28 heavy (non-hydrogen) atoms. The SMILES string of the molecule is CCCCc1ccc2c(c1)C(NC(C)=O)C(=O)N2CCOc1ccccc1Cl. The number of nitrogens with one attached hydrogen (secondary N) is 1. The number of hydrogen-bond donors (Lipinski definition) is 1. The minimum Gasteiger partial charge on any atom is -0.490 e. The van der Waals surface area contributed by atoms with Gasteiger partial charge in [-0.15, -0.1) is 0 Å². The van der Waals surface area contributed by atoms with E-state index in [-0.39, 0.29) is 11.8 Å². The highest BCUT2D eigenvalue weighted by Gasteiger charge is 2.37. The Labute approximate surface area is 170 Å². The van der Waals surface area contributed by atoms with Crippen LogP contribution in [0.25, 0.3) is 0 Å². The van der Waals surface area contributed by atoms with Crippen LogP contribution in [-0.4, -0.2) is 25.0 Å². The lowest BCUT2D eigenvalue weighted by Crippen LogP contribution is -2.38. The van der Waals surface area contributed by atoms with Crippen LogP contribution in [0.4, 0.5) is 5.69 Å². The third-order valence-corrected chi connectivity index (χ3v) is 5.09. The number of nitrogens with zero attached hydrogens (tertiary/aromatic N) is 1. The van der Waals surface area contributed by atoms with Crippen LogP contribution in [0.3, 0.4) is 0 Å². The van der Waals surface area contributed by atoms with Crippen molar-refractivity contribution in [2.45, 2.75) is 39.2 Å². The quantitative estimate of drug-likeness (QED) is 0.719. The molecular weight excluding hydrogens is 376 g/mol. The van der Waals surface area contributed by atoms with Crippen LogP contribution < -0.4 is 15.0 Å². The molecule has 2 aromatic carbocycles. The molecule has 0 spiro atoms. The van der Waals surface area contributed by atoms with Crippen molar-refractivity contribution in [2.24, 2.45) is 0 Å². The average molecular weight is 401 g/mol. The van der Waals surface area contributed by atoms with Gasteiger partial charge in [-0.1, -0.05) is 49.2 Å². The zero-order valence-electron chi connectivity index (χ0n) is 16.2. The van der Waals surface area contributed by atoms with Crippen molar-refractivity contribution in [1.82, 2.24) is 5.32 Å². The van der Waals surface area contributed by atoms with Gasteiger partial charge in [0, 0.05) is 18.2 Å². The van der Waals surface area contributed by atoms with Crippen molar-refractivity contribution in [1.29, 1.82) is 0 Å². The molecule has 1 heterocycles. The molecule has 0 aliphatic carbocycles. The molecule has 1 N–H and O–H groups in total. The standard InChI is InChI=1S/C22H25ClN2O3/c1-3-4-7-16-10-11-19-17(14-16)21(24-15(2)26)22(27)25(19)12-13-28-20-9-6-5-8-18(20)23/h5-6,8-11,14,21H,3-4,7,12-13H2,1-2H3,(H,24,26). The maximum Gasteiger partial charge on any atom is 0.254 e. The van der Waals surface area contributed by atoms with Gasteiger partial charge in [0.25, 0.3) is 5.91 Å². The Bertz CT molecular complexity index is 869. The fourth-order valence-corrected chi connectivity index (χ4v) is 3.60. The van der Waals surface area contributed by atoms with Crippen molar-refractivity contribution >= 4 is 29.1 Å². The molecule has 2 amide bonds. The van der Waals surface area contributed by atoms with Gasteiger partial charge in [-0.25, -0.2) is 0 Å². The Balaban J connectivity index is 1.77. The minimum atomic E-state index is -0.644. The van der Waals surface area contributed by atoms with Crippen LogP contribution >= 0.6 is 11.6 Å². The zero-order valence-corrected chi connectivity index (χ0v) is 17.0. The third kappa shape index (κ3) is 4.47. The van der Waals surface area contributed by atoms with Crippen molar-refractivity contribution < 1.29 is 14.3 Å². The summed E-state index contributed by atoms with van der Waals surface area (Å²) in [6, 6.07) is 12.7. The van der Waals surface area contributed by atoms with Crippen molar-refractivity contribution in [2.75, 3.05) is 18.1 Å². The lowest BCUT2D eigenvalue weighted by Gasteiger charge is -2.18. The number of fused-ring (bicyclic) bond motifs is 1. The molecule has 3 rings (SSSR count). The van der Waals surface area contributed by atoms with Gasteiger partial charge in [0.05, 0.1) is 11.6 Å². The summed E-state index contributed by atoms with van der Waals surface area (Å²) in [6.45, 7) is 4.26. The van der Waals surface area contributed by atoms with Gasteiger partial charge in [-0.2, -0.15) is 0 Å². The van der Waals surface area contributed by atoms with Crippen molar-refractivity contribution in [3.05, 3.63) is 58.6 Å². The summed E-state index contributed by atoms with van der Waals surface area (Å²) in [7, 11) is 0. The van der Waals surface area contributed by atoms with Crippen molar-refractivity contribution in [3.8, 4) is 5.75 Å². The third-order valence-electron chi connectivity index (χ3n) is 4.78. The van der Waals surface area contributed by atoms with E-state index >= 15 is 0 Å². The highest BCUT2D eigenvalue weighted by molar-refractivity contribution is 6.32. The number of unbranched alkanes of at least 4 members (excludes halogenated alkanes) is 1. The number of para-hydroxylation sites is 1. The number of anilines is 1. The molecule has 2 aromatic rings. The Morgan fingerprint density at radius 1 is 1.25 bits per heavy atom. The van der Waals surface area contributed by atoms with E-state index in [0.29, 0.717) is 23.9 Å². The average Bonchev–Trinajstić information content (AvgIpc) is 2.92. The Morgan fingerprint density at radius 2 is 2.04 bits per heavy atom. The van der Waals surface area contributed by atoms with Gasteiger partial charge in [0.15, 0.2) is 0 Å². The first-order valence-corrected chi connectivity index (χ1v) is 9.97. The first-order chi connectivity index (χ1) is 13.5. The maximum atomic E-state index is 13.0. The molecule has 1 unspecified atom stereocenters. The number of carbonyl (C=O) groups is 2. The molecule has 148 valence electrons. The second-order valence-electron chi connectivity index (χ2n) is 6.90. The second-order valence-corrected chi connectivity index (χ2v) is 7.31. The van der Waals surface area contributed by atoms with E-state index in [0.717, 1.165) is 30.5 Å². The Morgan fingerprint density at radius 3 is 2.75 bits per heavy atom. The summed E-state index contributed by atoms with van der Waals surface area (Å²) in [5, 5.41) is 3.32. The Hall–Kier alpha value is -2.53. The van der Waals surface area contributed by atoms with E-state index < -0.39 is 6.04 Å². The van der Waals surface area contributed by atoms with Crippen LogP contribution in [0.1, 0.15) is 43.9 Å². The van der Waals surface area contributed by atoms with Crippen LogP contribution in [0.5, 0.6) is 5.75 Å². The minimum absolute atomic E-state index is 0.138. The molecule has 0 saturated carbocycles. The van der Waals surface area contributed by atoms with Gasteiger partial charge in [0.2, 0.25) is 5.91 Å². The summed E-state index contributed by atoms with van der Waals surface area (Å²) >= 11 is 6.12. The van der Waals surface area contributed by atoms with Crippen molar-refractivity contribution in [3.63, 3.8) is 0 Å². The molecule has 5 nitrogen and oxygen atoms in total. The summed E-state index contributed by atoms with van der Waals surface area (Å²) in [5.41, 5.74) is 2.86. The first-order valence-electron chi connectivity index (χ1n) is 9.60. The van der Waals surface area contributed by atoms with Gasteiger partial charge >= 0.3 is 0 Å². The fourth-order valence-electron chi connectivity index (χ4n) is 3.41. The topological polar surface area (TPSA) is 58.6 Å². The molecule has 0 saturated heterocycles. The molecule has 0 bridgehead atoms. The van der Waals surface area contributed by atoms with Gasteiger partial charge in [0.1, 0.15) is 18.4 Å². The normalized spacial score (nSPS) is 15.5. The zero-order chi connectivity index (χ0) is 20.1. The number of halogens is 1. The van der Waals surface area contributed by atoms with Crippen LogP contribution in [-0.2, 0) is 16.0 Å². The van der Waals surface area contributed by atoms with Gasteiger partial charge in [-0.3, -0.25) is 9.59 Å². The molecule has 1 aliphatic heterocycles. The van der Waals surface area contributed by atoms with Gasteiger partial charge < -0.3 is 15.0 Å². The lowest BCUT2D eigenvalue weighted by atomic mass is 10.0. The second kappa shape index (κ2) is 9.11. The maximum absolute atomic E-state index is 13.0. The Kier molecular flexibility index (Phi) is 6.57. The number of benzene rings is 2. The summed E-state index contributed by atoms with van der Waals surface area (Å²) in [4.78, 5) is 26.3. The number of hydrogen-bond acceptors (Lipinski definition) is 3. The van der Waals surface area contributed by atoms with Gasteiger partial charge in [-0.05, 0) is 36.6 Å². The van der Waals surface area contributed by atoms with E-state index in [4.69, 9.17) is 16.3 Å². The monoisotopic (exact) mass is 400 g/mol. The molecule has 6 heteroatoms. The largest absolute Gasteiger partial charge is 0.490 e. The van der Waals surface area contributed by atoms with E-state index in [1.54, 1.807) is 17.0 Å². The molecular formula is C22H25ClN2O3. The van der Waals surface area contributed by atoms with Crippen LogP contribution in [0.2, 0.25) is 5.02 Å². The van der Waals surface area contributed by atoms with Crippen LogP contribution in [0, 0.1) is 0 Å². The van der Waals surface area contributed by atoms with E-state index in [9.17, 15) is 9.59 Å². The van der Waals surface area contributed by atoms with E-state index in [1.807, 2.05) is 24.3 Å². The van der Waals surface area contributed by atoms with E-state index in [2.05, 4.69) is 18.3 Å². The summed E-state index contributed by atoms with van der Waals surface area (Å²) in [5.74, 6) is 0.224. The lowest BCUT2D eigenvalue weighted by molar-refractivity contribution is -0.126. The fraction of sp³-hybridized carbons (Fsp3) is 0.364. The molecule has 0 aromatic heterocycles. The number of carbonyl (C=O) groups excluding carboxylic acids is 2. The molecule has 0 radical (unpaired) electrons. The summed E-state index contributed by atoms with van der Waals surface area (Å²) < 4.78 is 5.74. The smallest absolute Gasteiger partial charge is 0.254 e. The number of ether oxygens (including phenoxy) is 1. The molecule has 1 aliphatic rings. The number of rotatable bonds is 8. The van der Waals surface area contributed by atoms with Crippen LogP contribution in [0.15, 0.2) is 42.5 Å². The molecule has 0 fully saturated rings. The molecule has 1 atom stereocenters. The number of amides is 2. The highest BCUT2D eigenvalue weighted by atomic mass is 35.5. The van der Waals surface area contributed by atoms with E-state index in [1.165, 1.54) is 12.5 Å². The first kappa shape index (κ1) is 20.2. The highest BCUT2D eigenvalue weighted by Crippen LogP contribution is 2.37. The number of aryl methyl sites for hydroxylation is 1.